The molecule has 5 nitrogen and oxygen atoms in total. The molecule has 2 aliphatic rings. The average molecular weight is 383 g/mol. The number of carbonyl (C=O) groups excluding carboxylic acids is 1. The van der Waals surface area contributed by atoms with Crippen LogP contribution in [-0.4, -0.2) is 23.7 Å². The summed E-state index contributed by atoms with van der Waals surface area (Å²) in [5.74, 6) is 1.12. The van der Waals surface area contributed by atoms with E-state index < -0.39 is 0 Å². The first-order valence-corrected chi connectivity index (χ1v) is 10.5. The molecule has 1 fully saturated rings. The van der Waals surface area contributed by atoms with Crippen molar-refractivity contribution in [2.45, 2.75) is 64.8 Å². The van der Waals surface area contributed by atoms with E-state index >= 15 is 0 Å². The quantitative estimate of drug-likeness (QED) is 0.819. The van der Waals surface area contributed by atoms with Crippen LogP contribution in [0, 0.1) is 13.8 Å². The zero-order valence-corrected chi connectivity index (χ0v) is 16.9. The highest BCUT2D eigenvalue weighted by molar-refractivity contribution is 6.02. The summed E-state index contributed by atoms with van der Waals surface area (Å²) in [7, 11) is 0. The first kappa shape index (κ1) is 18.9. The second kappa shape index (κ2) is 7.90. The van der Waals surface area contributed by atoms with Crippen LogP contribution in [0.4, 0.5) is 0 Å². The van der Waals surface area contributed by atoms with E-state index in [2.05, 4.69) is 11.5 Å². The Morgan fingerprint density at radius 1 is 0.964 bits per heavy atom. The molecule has 2 heterocycles. The molecule has 1 aliphatic carbocycles. The molecule has 1 aliphatic heterocycles. The molecule has 1 aromatic carbocycles. The summed E-state index contributed by atoms with van der Waals surface area (Å²) in [6.45, 7) is 5.26. The number of fused-ring (bicyclic) bond motifs is 1. The number of hydrogen-bond donors (Lipinski definition) is 1. The van der Waals surface area contributed by atoms with Gasteiger partial charge in [0.2, 0.25) is 0 Å². The van der Waals surface area contributed by atoms with Gasteiger partial charge in [0.25, 0.3) is 5.91 Å². The summed E-state index contributed by atoms with van der Waals surface area (Å²) in [4.78, 5) is 12.4. The average Bonchev–Trinajstić information content (AvgIpc) is 2.92. The van der Waals surface area contributed by atoms with Gasteiger partial charge in [-0.15, -0.1) is 0 Å². The van der Waals surface area contributed by atoms with Gasteiger partial charge in [0.05, 0.1) is 5.56 Å². The number of nitrogens with two attached hydrogens (primary N) is 1. The number of nitrogens with zero attached hydrogens (tertiary/aromatic N) is 1. The molecule has 5 heteroatoms. The molecule has 2 aromatic rings. The van der Waals surface area contributed by atoms with Gasteiger partial charge in [0.15, 0.2) is 11.5 Å². The Morgan fingerprint density at radius 3 is 2.29 bits per heavy atom. The molecule has 4 rings (SSSR count). The Labute approximate surface area is 166 Å². The first-order chi connectivity index (χ1) is 13.6. The van der Waals surface area contributed by atoms with E-state index in [1.54, 1.807) is 0 Å². The molecule has 0 unspecified atom stereocenters. The summed E-state index contributed by atoms with van der Waals surface area (Å²) in [6, 6.07) is 6.34. The lowest BCUT2D eigenvalue weighted by Crippen LogP contribution is -2.16. The summed E-state index contributed by atoms with van der Waals surface area (Å²) in [6.07, 6.45) is 8.75. The van der Waals surface area contributed by atoms with Gasteiger partial charge in [-0.2, -0.15) is 0 Å². The van der Waals surface area contributed by atoms with Gasteiger partial charge in [-0.05, 0) is 44.4 Å². The van der Waals surface area contributed by atoms with Crippen LogP contribution in [0.3, 0.4) is 0 Å². The Balaban J connectivity index is 1.82. The molecule has 0 radical (unpaired) electrons. The van der Waals surface area contributed by atoms with E-state index in [4.69, 9.17) is 15.2 Å². The number of ether oxygens (including phenoxy) is 2. The van der Waals surface area contributed by atoms with Crippen molar-refractivity contribution in [3.63, 3.8) is 0 Å². The molecule has 0 atom stereocenters. The Hall–Kier alpha value is -2.43. The molecular weight excluding hydrogens is 352 g/mol. The minimum absolute atomic E-state index is 0.366. The maximum Gasteiger partial charge on any atom is 0.251 e. The lowest BCUT2D eigenvalue weighted by molar-refractivity contribution is 0.1000. The molecule has 1 aromatic heterocycles. The Kier molecular flexibility index (Phi) is 5.33. The second-order valence-electron chi connectivity index (χ2n) is 8.01. The molecule has 1 amide bonds. The number of rotatable bonds is 3. The normalized spacial score (nSPS) is 17.8. The number of benzene rings is 1. The van der Waals surface area contributed by atoms with Crippen LogP contribution in [0.1, 0.15) is 72.7 Å². The summed E-state index contributed by atoms with van der Waals surface area (Å²) < 4.78 is 13.8. The highest BCUT2D eigenvalue weighted by Gasteiger charge is 2.27. The third-order valence-corrected chi connectivity index (χ3v) is 6.21. The van der Waals surface area contributed by atoms with Crippen LogP contribution in [0.2, 0.25) is 0 Å². The zero-order chi connectivity index (χ0) is 19.7. The van der Waals surface area contributed by atoms with Crippen molar-refractivity contribution in [1.82, 2.24) is 4.57 Å². The van der Waals surface area contributed by atoms with Crippen molar-refractivity contribution in [2.24, 2.45) is 5.73 Å². The highest BCUT2D eigenvalue weighted by Crippen LogP contribution is 2.41. The van der Waals surface area contributed by atoms with Gasteiger partial charge in [-0.25, -0.2) is 0 Å². The zero-order valence-electron chi connectivity index (χ0n) is 16.9. The largest absolute Gasteiger partial charge is 0.486 e. The van der Waals surface area contributed by atoms with Crippen molar-refractivity contribution < 1.29 is 14.3 Å². The van der Waals surface area contributed by atoms with E-state index in [1.807, 2.05) is 25.1 Å². The summed E-state index contributed by atoms with van der Waals surface area (Å²) >= 11 is 0. The lowest BCUT2D eigenvalue weighted by atomic mass is 9.96. The maximum absolute atomic E-state index is 12.4. The van der Waals surface area contributed by atoms with Crippen molar-refractivity contribution in [1.29, 1.82) is 0 Å². The smallest absolute Gasteiger partial charge is 0.251 e. The predicted octanol–water partition coefficient (Wildman–Crippen LogP) is 4.93. The summed E-state index contributed by atoms with van der Waals surface area (Å²) in [5, 5.41) is 0. The Morgan fingerprint density at radius 2 is 1.61 bits per heavy atom. The molecule has 0 saturated heterocycles. The van der Waals surface area contributed by atoms with E-state index in [0.29, 0.717) is 24.8 Å². The number of aromatic nitrogens is 1. The van der Waals surface area contributed by atoms with Crippen molar-refractivity contribution in [3.05, 3.63) is 35.2 Å². The van der Waals surface area contributed by atoms with Crippen LogP contribution >= 0.6 is 0 Å². The van der Waals surface area contributed by atoms with Gasteiger partial charge in [-0.3, -0.25) is 4.79 Å². The fraction of sp³-hybridized carbons (Fsp3) is 0.522. The molecule has 150 valence electrons. The van der Waals surface area contributed by atoms with E-state index in [9.17, 15) is 4.79 Å². The summed E-state index contributed by atoms with van der Waals surface area (Å²) in [5.41, 5.74) is 10.5. The fourth-order valence-corrected chi connectivity index (χ4v) is 4.95. The van der Waals surface area contributed by atoms with Gasteiger partial charge in [0.1, 0.15) is 13.2 Å². The predicted molar refractivity (Wildman–Crippen MR) is 110 cm³/mol. The van der Waals surface area contributed by atoms with Gasteiger partial charge in [-0.1, -0.05) is 38.2 Å². The number of amides is 1. The van der Waals surface area contributed by atoms with E-state index in [1.165, 1.54) is 32.1 Å². The standard InChI is InChI=1S/C23H30N2O3/c1-15-21(17-10-11-19-20(14-17)28-13-12-27-19)22(23(24)26)16(2)25(15)18-8-6-4-3-5-7-9-18/h10-11,14,18H,3-9,12-13H2,1-2H3,(H2,24,26). The van der Waals surface area contributed by atoms with Crippen LogP contribution in [0.15, 0.2) is 18.2 Å². The van der Waals surface area contributed by atoms with Crippen LogP contribution < -0.4 is 15.2 Å². The third kappa shape index (κ3) is 3.38. The van der Waals surface area contributed by atoms with Crippen LogP contribution in [0.25, 0.3) is 11.1 Å². The number of hydrogen-bond acceptors (Lipinski definition) is 3. The van der Waals surface area contributed by atoms with Gasteiger partial charge >= 0.3 is 0 Å². The fourth-order valence-electron chi connectivity index (χ4n) is 4.95. The molecule has 2 N–H and O–H groups in total. The maximum atomic E-state index is 12.4. The molecule has 0 spiro atoms. The van der Waals surface area contributed by atoms with Crippen LogP contribution in [-0.2, 0) is 0 Å². The first-order valence-electron chi connectivity index (χ1n) is 10.5. The molecular formula is C23H30N2O3. The van der Waals surface area contributed by atoms with E-state index in [-0.39, 0.29) is 5.91 Å². The minimum Gasteiger partial charge on any atom is -0.486 e. The number of carbonyl (C=O) groups is 1. The minimum atomic E-state index is -0.366. The molecule has 1 saturated carbocycles. The highest BCUT2D eigenvalue weighted by atomic mass is 16.6. The van der Waals surface area contributed by atoms with Crippen molar-refractivity contribution in [3.8, 4) is 22.6 Å². The second-order valence-corrected chi connectivity index (χ2v) is 8.01. The van der Waals surface area contributed by atoms with Crippen molar-refractivity contribution in [2.75, 3.05) is 13.2 Å². The Bertz CT molecular complexity index is 876. The molecule has 28 heavy (non-hydrogen) atoms. The number of primary amides is 1. The topological polar surface area (TPSA) is 66.5 Å². The van der Waals surface area contributed by atoms with Gasteiger partial charge in [0, 0.05) is 23.0 Å². The van der Waals surface area contributed by atoms with Gasteiger partial charge < -0.3 is 19.8 Å². The third-order valence-electron chi connectivity index (χ3n) is 6.21. The van der Waals surface area contributed by atoms with Crippen molar-refractivity contribution >= 4 is 5.91 Å². The lowest BCUT2D eigenvalue weighted by Gasteiger charge is -2.25. The van der Waals surface area contributed by atoms with E-state index in [0.717, 1.165) is 46.9 Å². The molecule has 0 bridgehead atoms. The van der Waals surface area contributed by atoms with Crippen LogP contribution in [0.5, 0.6) is 11.5 Å². The SMILES string of the molecule is Cc1c(C(N)=O)c(-c2ccc3c(c2)OCCO3)c(C)n1C1CCCCCCC1. The monoisotopic (exact) mass is 382 g/mol.